The maximum Gasteiger partial charge on any atom is 0.0424 e. The summed E-state index contributed by atoms with van der Waals surface area (Å²) < 4.78 is 0. The minimum absolute atomic E-state index is 0.357. The number of hydrogen-bond donors (Lipinski definition) is 1. The van der Waals surface area contributed by atoms with Gasteiger partial charge in [-0.1, -0.05) is 50.9 Å². The lowest BCUT2D eigenvalue weighted by Crippen LogP contribution is -2.21. The van der Waals surface area contributed by atoms with Gasteiger partial charge in [0.05, 0.1) is 0 Å². The zero-order chi connectivity index (χ0) is 12.8. The molecule has 1 aliphatic carbocycles. The Morgan fingerprint density at radius 1 is 1.00 bits per heavy atom. The van der Waals surface area contributed by atoms with E-state index in [1.165, 1.54) is 0 Å². The second-order valence-electron chi connectivity index (χ2n) is 6.03. The molecule has 0 aromatic heterocycles. The fraction of sp³-hybridized carbons (Fsp3) is 0.571. The second kappa shape index (κ2) is 4.15. The third-order valence-electron chi connectivity index (χ3n) is 4.45. The van der Waals surface area contributed by atoms with Gasteiger partial charge in [0.2, 0.25) is 0 Å². The van der Waals surface area contributed by atoms with E-state index in [4.69, 9.17) is 23.2 Å². The lowest BCUT2D eigenvalue weighted by molar-refractivity contribution is 0.457. The Morgan fingerprint density at radius 2 is 1.47 bits per heavy atom. The molecule has 1 aromatic carbocycles. The van der Waals surface area contributed by atoms with E-state index >= 15 is 0 Å². The highest BCUT2D eigenvalue weighted by Gasteiger charge is 2.64. The van der Waals surface area contributed by atoms with Gasteiger partial charge < -0.3 is 5.32 Å². The van der Waals surface area contributed by atoms with E-state index in [0.29, 0.717) is 26.9 Å². The van der Waals surface area contributed by atoms with Crippen LogP contribution in [0.25, 0.3) is 0 Å². The van der Waals surface area contributed by atoms with Gasteiger partial charge in [-0.05, 0) is 34.6 Å². The van der Waals surface area contributed by atoms with Crippen LogP contribution >= 0.6 is 23.2 Å². The average Bonchev–Trinajstić information content (AvgIpc) is 2.53. The predicted octanol–water partition coefficient (Wildman–Crippen LogP) is 4.52. The Labute approximate surface area is 114 Å². The molecule has 1 saturated carbocycles. The van der Waals surface area contributed by atoms with Crippen molar-refractivity contribution in [2.75, 3.05) is 0 Å². The molecule has 1 N–H and O–H groups in total. The lowest BCUT2D eigenvalue weighted by atomic mass is 10.0. The predicted molar refractivity (Wildman–Crippen MR) is 74.7 cm³/mol. The summed E-state index contributed by atoms with van der Waals surface area (Å²) in [5, 5.41) is 4.99. The number of nitrogens with one attached hydrogen (secondary N) is 1. The normalized spacial score (nSPS) is 21.5. The van der Waals surface area contributed by atoms with Crippen molar-refractivity contribution in [3.05, 3.63) is 33.8 Å². The first kappa shape index (κ1) is 13.2. The van der Waals surface area contributed by atoms with Crippen molar-refractivity contribution in [1.29, 1.82) is 0 Å². The first-order valence-electron chi connectivity index (χ1n) is 5.93. The first-order chi connectivity index (χ1) is 7.75. The summed E-state index contributed by atoms with van der Waals surface area (Å²) in [6.07, 6.45) is 0. The molecule has 0 amide bonds. The third-order valence-corrected chi connectivity index (χ3v) is 4.89. The minimum atomic E-state index is 0.357. The Morgan fingerprint density at radius 3 is 1.88 bits per heavy atom. The maximum atomic E-state index is 5.98. The van der Waals surface area contributed by atoms with E-state index in [9.17, 15) is 0 Å². The van der Waals surface area contributed by atoms with Crippen LogP contribution in [0.2, 0.25) is 10.0 Å². The summed E-state index contributed by atoms with van der Waals surface area (Å²) in [7, 11) is 0. The maximum absolute atomic E-state index is 5.98. The molecular formula is C14H19Cl2N. The highest BCUT2D eigenvalue weighted by Crippen LogP contribution is 2.62. The van der Waals surface area contributed by atoms with Gasteiger partial charge in [-0.2, -0.15) is 0 Å². The molecule has 94 valence electrons. The van der Waals surface area contributed by atoms with E-state index in [1.807, 2.05) is 12.1 Å². The topological polar surface area (TPSA) is 12.0 Å². The molecule has 0 atom stereocenters. The molecule has 0 unspecified atom stereocenters. The van der Waals surface area contributed by atoms with Gasteiger partial charge in [-0.15, -0.1) is 0 Å². The van der Waals surface area contributed by atoms with Crippen LogP contribution in [0.15, 0.2) is 18.2 Å². The van der Waals surface area contributed by atoms with Gasteiger partial charge in [0, 0.05) is 22.6 Å². The number of halogens is 2. The molecule has 0 radical (unpaired) electrons. The first-order valence-corrected chi connectivity index (χ1v) is 6.69. The van der Waals surface area contributed by atoms with E-state index < -0.39 is 0 Å². The number of rotatable bonds is 3. The van der Waals surface area contributed by atoms with E-state index in [2.05, 4.69) is 33.0 Å². The van der Waals surface area contributed by atoms with Crippen LogP contribution in [0.1, 0.15) is 33.3 Å². The molecule has 0 heterocycles. The van der Waals surface area contributed by atoms with Crippen molar-refractivity contribution in [2.45, 2.75) is 40.3 Å². The third kappa shape index (κ3) is 2.33. The van der Waals surface area contributed by atoms with Crippen LogP contribution in [0, 0.1) is 10.8 Å². The van der Waals surface area contributed by atoms with Crippen LogP contribution < -0.4 is 5.32 Å². The van der Waals surface area contributed by atoms with E-state index in [-0.39, 0.29) is 0 Å². The summed E-state index contributed by atoms with van der Waals surface area (Å²) in [5.74, 6) is 0. The Bertz CT molecular complexity index is 404. The SMILES string of the molecule is CC1(C)C(NCc2cc(Cl)cc(Cl)c2)C1(C)C. The van der Waals surface area contributed by atoms with Crippen LogP contribution in [0.3, 0.4) is 0 Å². The van der Waals surface area contributed by atoms with Crippen molar-refractivity contribution in [1.82, 2.24) is 5.32 Å². The fourth-order valence-corrected chi connectivity index (χ4v) is 3.21. The smallest absolute Gasteiger partial charge is 0.0424 e. The molecule has 0 aliphatic heterocycles. The van der Waals surface area contributed by atoms with Crippen molar-refractivity contribution < 1.29 is 0 Å². The molecule has 1 fully saturated rings. The molecule has 1 aromatic rings. The van der Waals surface area contributed by atoms with Crippen molar-refractivity contribution >= 4 is 23.2 Å². The lowest BCUT2D eigenvalue weighted by Gasteiger charge is -2.07. The van der Waals surface area contributed by atoms with Gasteiger partial charge >= 0.3 is 0 Å². The van der Waals surface area contributed by atoms with Crippen LogP contribution in [0.5, 0.6) is 0 Å². The van der Waals surface area contributed by atoms with Crippen LogP contribution in [0.4, 0.5) is 0 Å². The van der Waals surface area contributed by atoms with E-state index in [1.54, 1.807) is 6.07 Å². The quantitative estimate of drug-likeness (QED) is 0.853. The zero-order valence-electron chi connectivity index (χ0n) is 10.8. The van der Waals surface area contributed by atoms with Gasteiger partial charge in [0.1, 0.15) is 0 Å². The largest absolute Gasteiger partial charge is 0.309 e. The monoisotopic (exact) mass is 271 g/mol. The highest BCUT2D eigenvalue weighted by molar-refractivity contribution is 6.34. The van der Waals surface area contributed by atoms with Crippen LogP contribution in [-0.4, -0.2) is 6.04 Å². The molecule has 0 bridgehead atoms. The molecule has 17 heavy (non-hydrogen) atoms. The number of hydrogen-bond acceptors (Lipinski definition) is 1. The minimum Gasteiger partial charge on any atom is -0.309 e. The second-order valence-corrected chi connectivity index (χ2v) is 6.91. The summed E-state index contributed by atoms with van der Waals surface area (Å²) in [6, 6.07) is 6.23. The molecule has 0 saturated heterocycles. The van der Waals surface area contributed by atoms with Gasteiger partial charge in [-0.3, -0.25) is 0 Å². The highest BCUT2D eigenvalue weighted by atomic mass is 35.5. The molecule has 3 heteroatoms. The Kier molecular flexibility index (Phi) is 3.22. The van der Waals surface area contributed by atoms with Gasteiger partial charge in [0.25, 0.3) is 0 Å². The molecule has 2 rings (SSSR count). The van der Waals surface area contributed by atoms with E-state index in [0.717, 1.165) is 12.1 Å². The molecular weight excluding hydrogens is 253 g/mol. The molecule has 1 nitrogen and oxygen atoms in total. The van der Waals surface area contributed by atoms with Crippen molar-refractivity contribution in [3.8, 4) is 0 Å². The standard InChI is InChI=1S/C14H19Cl2N/c1-13(2)12(14(13,3)4)17-8-9-5-10(15)7-11(16)6-9/h5-7,12,17H,8H2,1-4H3. The molecule has 0 spiro atoms. The van der Waals surface area contributed by atoms with Crippen molar-refractivity contribution in [3.63, 3.8) is 0 Å². The summed E-state index contributed by atoms with van der Waals surface area (Å²) in [4.78, 5) is 0. The fourth-order valence-electron chi connectivity index (χ4n) is 2.64. The summed E-state index contributed by atoms with van der Waals surface area (Å²) >= 11 is 12.0. The van der Waals surface area contributed by atoms with Crippen molar-refractivity contribution in [2.24, 2.45) is 10.8 Å². The zero-order valence-corrected chi connectivity index (χ0v) is 12.3. The Balaban J connectivity index is 2.00. The average molecular weight is 272 g/mol. The summed E-state index contributed by atoms with van der Waals surface area (Å²) in [5.41, 5.74) is 1.85. The molecule has 1 aliphatic rings. The van der Waals surface area contributed by atoms with Crippen LogP contribution in [-0.2, 0) is 6.54 Å². The van der Waals surface area contributed by atoms with Gasteiger partial charge in [0.15, 0.2) is 0 Å². The Hall–Kier alpha value is -0.240. The number of benzene rings is 1. The van der Waals surface area contributed by atoms with Gasteiger partial charge in [-0.25, -0.2) is 0 Å². The summed E-state index contributed by atoms with van der Waals surface area (Å²) in [6.45, 7) is 10.0.